The molecule has 22 heavy (non-hydrogen) atoms. The van der Waals surface area contributed by atoms with E-state index in [1.165, 1.54) is 0 Å². The van der Waals surface area contributed by atoms with Gasteiger partial charge in [-0.1, -0.05) is 6.07 Å². The molecule has 1 N–H and O–H groups in total. The van der Waals surface area contributed by atoms with Gasteiger partial charge in [0.15, 0.2) is 0 Å². The largest absolute Gasteiger partial charge is 0.385 e. The van der Waals surface area contributed by atoms with Crippen LogP contribution in [0.5, 0.6) is 0 Å². The van der Waals surface area contributed by atoms with E-state index in [4.69, 9.17) is 4.74 Å². The minimum Gasteiger partial charge on any atom is -0.385 e. The van der Waals surface area contributed by atoms with Crippen molar-refractivity contribution in [1.29, 1.82) is 0 Å². The fourth-order valence-electron chi connectivity index (χ4n) is 2.68. The van der Waals surface area contributed by atoms with Crippen LogP contribution in [0.25, 0.3) is 0 Å². The van der Waals surface area contributed by atoms with Crippen LogP contribution in [0.2, 0.25) is 0 Å². The average Bonchev–Trinajstić information content (AvgIpc) is 2.82. The zero-order valence-corrected chi connectivity index (χ0v) is 13.2. The van der Waals surface area contributed by atoms with Crippen molar-refractivity contribution >= 4 is 11.8 Å². The lowest BCUT2D eigenvalue weighted by atomic mass is 9.97. The molecule has 2 heterocycles. The second-order valence-electron chi connectivity index (χ2n) is 5.72. The van der Waals surface area contributed by atoms with Gasteiger partial charge < -0.3 is 15.0 Å². The fraction of sp³-hybridized carbons (Fsp3) is 0.562. The van der Waals surface area contributed by atoms with E-state index in [9.17, 15) is 9.59 Å². The van der Waals surface area contributed by atoms with Gasteiger partial charge in [-0.05, 0) is 31.4 Å². The Morgan fingerprint density at radius 1 is 1.55 bits per heavy atom. The van der Waals surface area contributed by atoms with Crippen LogP contribution in [-0.4, -0.2) is 47.5 Å². The molecule has 1 aliphatic rings. The Hall–Kier alpha value is -1.95. The monoisotopic (exact) mass is 305 g/mol. The van der Waals surface area contributed by atoms with E-state index in [1.54, 1.807) is 24.4 Å². The number of hydrogen-bond donors (Lipinski definition) is 1. The summed E-state index contributed by atoms with van der Waals surface area (Å²) in [6.45, 7) is 3.40. The Bertz CT molecular complexity index is 521. The number of pyridine rings is 1. The Morgan fingerprint density at radius 3 is 3.05 bits per heavy atom. The molecule has 2 amide bonds. The quantitative estimate of drug-likeness (QED) is 0.766. The summed E-state index contributed by atoms with van der Waals surface area (Å²) in [6.07, 6.45) is 5.12. The molecule has 0 saturated carbocycles. The zero-order chi connectivity index (χ0) is 16.0. The predicted molar refractivity (Wildman–Crippen MR) is 81.9 cm³/mol. The lowest BCUT2D eigenvalue weighted by molar-refractivity contribution is -0.141. The van der Waals surface area contributed by atoms with Crippen molar-refractivity contribution in [3.63, 3.8) is 0 Å². The molecular weight excluding hydrogens is 282 g/mol. The van der Waals surface area contributed by atoms with Crippen molar-refractivity contribution in [2.75, 3.05) is 20.3 Å². The molecule has 1 atom stereocenters. The van der Waals surface area contributed by atoms with Gasteiger partial charge >= 0.3 is 0 Å². The Morgan fingerprint density at radius 2 is 2.36 bits per heavy atom. The highest BCUT2D eigenvalue weighted by molar-refractivity contribution is 5.94. The third-order valence-electron chi connectivity index (χ3n) is 4.09. The smallest absolute Gasteiger partial charge is 0.245 e. The van der Waals surface area contributed by atoms with Crippen LogP contribution < -0.4 is 5.32 Å². The van der Waals surface area contributed by atoms with Crippen molar-refractivity contribution < 1.29 is 14.3 Å². The van der Waals surface area contributed by atoms with Gasteiger partial charge in [0.25, 0.3) is 0 Å². The molecule has 6 heteroatoms. The molecule has 0 aliphatic carbocycles. The summed E-state index contributed by atoms with van der Waals surface area (Å²) in [4.78, 5) is 30.4. The van der Waals surface area contributed by atoms with E-state index in [-0.39, 0.29) is 11.8 Å². The number of amides is 2. The third-order valence-corrected chi connectivity index (χ3v) is 4.09. The van der Waals surface area contributed by atoms with Crippen LogP contribution in [0, 0.1) is 0 Å². The summed E-state index contributed by atoms with van der Waals surface area (Å²) in [6, 6.07) is 3.74. The van der Waals surface area contributed by atoms with E-state index in [1.807, 2.05) is 19.1 Å². The molecule has 0 unspecified atom stereocenters. The Kier molecular flexibility index (Phi) is 5.49. The van der Waals surface area contributed by atoms with E-state index in [0.29, 0.717) is 32.5 Å². The van der Waals surface area contributed by atoms with Crippen molar-refractivity contribution in [2.45, 2.75) is 38.3 Å². The van der Waals surface area contributed by atoms with Crippen molar-refractivity contribution in [3.8, 4) is 0 Å². The number of hydrogen-bond acceptors (Lipinski definition) is 4. The first-order valence-electron chi connectivity index (χ1n) is 7.54. The first kappa shape index (κ1) is 16.4. The van der Waals surface area contributed by atoms with Crippen molar-refractivity contribution in [2.24, 2.45) is 0 Å². The molecule has 1 saturated heterocycles. The topological polar surface area (TPSA) is 71.5 Å². The Labute approximate surface area is 130 Å². The fourth-order valence-corrected chi connectivity index (χ4v) is 2.68. The van der Waals surface area contributed by atoms with Crippen LogP contribution >= 0.6 is 0 Å². The van der Waals surface area contributed by atoms with E-state index < -0.39 is 5.54 Å². The molecule has 1 aromatic heterocycles. The standard InChI is InChI=1S/C16H23N3O3/c1-16(15(21)18-9-4-10-22-2)7-6-14(20)19(16)12-13-5-3-8-17-11-13/h3,5,8,11H,4,6-7,9-10,12H2,1-2H3,(H,18,21)/t16-/m0/s1. The van der Waals surface area contributed by atoms with Gasteiger partial charge in [0.2, 0.25) is 11.8 Å². The highest BCUT2D eigenvalue weighted by Gasteiger charge is 2.46. The van der Waals surface area contributed by atoms with E-state index >= 15 is 0 Å². The highest BCUT2D eigenvalue weighted by Crippen LogP contribution is 2.31. The molecule has 6 nitrogen and oxygen atoms in total. The first-order chi connectivity index (χ1) is 10.6. The summed E-state index contributed by atoms with van der Waals surface area (Å²) >= 11 is 0. The van der Waals surface area contributed by atoms with E-state index in [0.717, 1.165) is 12.0 Å². The summed E-state index contributed by atoms with van der Waals surface area (Å²) in [5.74, 6) is -0.0864. The number of ether oxygens (including phenoxy) is 1. The summed E-state index contributed by atoms with van der Waals surface area (Å²) in [5.41, 5.74) is 0.135. The van der Waals surface area contributed by atoms with Gasteiger partial charge in [-0.25, -0.2) is 0 Å². The lowest BCUT2D eigenvalue weighted by Gasteiger charge is -2.34. The van der Waals surface area contributed by atoms with Gasteiger partial charge in [-0.2, -0.15) is 0 Å². The minimum atomic E-state index is -0.792. The molecule has 120 valence electrons. The van der Waals surface area contributed by atoms with Crippen LogP contribution in [0.1, 0.15) is 31.7 Å². The maximum absolute atomic E-state index is 12.5. The second kappa shape index (κ2) is 7.35. The van der Waals surface area contributed by atoms with Gasteiger partial charge in [0, 0.05) is 45.6 Å². The normalized spacial score (nSPS) is 21.2. The first-order valence-corrected chi connectivity index (χ1v) is 7.54. The van der Waals surface area contributed by atoms with Gasteiger partial charge in [0.1, 0.15) is 5.54 Å². The zero-order valence-electron chi connectivity index (χ0n) is 13.2. The van der Waals surface area contributed by atoms with Crippen molar-refractivity contribution in [3.05, 3.63) is 30.1 Å². The maximum Gasteiger partial charge on any atom is 0.245 e. The highest BCUT2D eigenvalue weighted by atomic mass is 16.5. The number of carbonyl (C=O) groups excluding carboxylic acids is 2. The number of aromatic nitrogens is 1. The molecule has 0 bridgehead atoms. The molecule has 0 spiro atoms. The average molecular weight is 305 g/mol. The SMILES string of the molecule is COCCCNC(=O)[C@]1(C)CCC(=O)N1Cc1cccnc1. The summed E-state index contributed by atoms with van der Waals surface area (Å²) < 4.78 is 4.97. The molecule has 0 aromatic carbocycles. The molecule has 1 fully saturated rings. The summed E-state index contributed by atoms with van der Waals surface area (Å²) in [5, 5.41) is 2.91. The number of nitrogens with zero attached hydrogens (tertiary/aromatic N) is 2. The number of nitrogens with one attached hydrogen (secondary N) is 1. The summed E-state index contributed by atoms with van der Waals surface area (Å²) in [7, 11) is 1.63. The molecule has 1 aromatic rings. The predicted octanol–water partition coefficient (Wildman–Crippen LogP) is 1.12. The minimum absolute atomic E-state index is 0.0124. The second-order valence-corrected chi connectivity index (χ2v) is 5.72. The lowest BCUT2D eigenvalue weighted by Crippen LogP contribution is -2.54. The number of likely N-dealkylation sites (tertiary alicyclic amines) is 1. The van der Waals surface area contributed by atoms with Crippen LogP contribution in [0.3, 0.4) is 0 Å². The molecule has 0 radical (unpaired) electrons. The third kappa shape index (κ3) is 3.62. The van der Waals surface area contributed by atoms with Crippen LogP contribution in [0.15, 0.2) is 24.5 Å². The molecular formula is C16H23N3O3. The van der Waals surface area contributed by atoms with Crippen molar-refractivity contribution in [1.82, 2.24) is 15.2 Å². The van der Waals surface area contributed by atoms with E-state index in [2.05, 4.69) is 10.3 Å². The van der Waals surface area contributed by atoms with Crippen LogP contribution in [0.4, 0.5) is 0 Å². The van der Waals surface area contributed by atoms with Gasteiger partial charge in [-0.3, -0.25) is 14.6 Å². The van der Waals surface area contributed by atoms with Gasteiger partial charge in [-0.15, -0.1) is 0 Å². The van der Waals surface area contributed by atoms with Crippen LogP contribution in [-0.2, 0) is 20.9 Å². The number of carbonyl (C=O) groups is 2. The number of methoxy groups -OCH3 is 1. The Balaban J connectivity index is 2.03. The van der Waals surface area contributed by atoms with Gasteiger partial charge in [0.05, 0.1) is 0 Å². The molecule has 1 aliphatic heterocycles. The molecule has 2 rings (SSSR count). The number of rotatable bonds is 7. The maximum atomic E-state index is 12.5.